The second-order valence-corrected chi connectivity index (χ2v) is 9.38. The quantitative estimate of drug-likeness (QED) is 0.558. The highest BCUT2D eigenvalue weighted by Gasteiger charge is 2.27. The van der Waals surface area contributed by atoms with Crippen LogP contribution in [0.5, 0.6) is 0 Å². The number of aryl methyl sites for hydroxylation is 1. The highest BCUT2D eigenvalue weighted by Crippen LogP contribution is 2.37. The van der Waals surface area contributed by atoms with E-state index in [0.29, 0.717) is 49.3 Å². The van der Waals surface area contributed by atoms with E-state index in [-0.39, 0.29) is 17.7 Å². The summed E-state index contributed by atoms with van der Waals surface area (Å²) >= 11 is 1.41. The fraction of sp³-hybridized carbons (Fsp3) is 0.308. The molecule has 3 aromatic rings. The minimum absolute atomic E-state index is 0.0820. The summed E-state index contributed by atoms with van der Waals surface area (Å²) in [6.45, 7) is 3.08. The number of nitriles is 1. The number of aromatic nitrogens is 1. The van der Waals surface area contributed by atoms with Gasteiger partial charge in [0.05, 0.1) is 12.1 Å². The molecule has 1 atom stereocenters. The zero-order valence-electron chi connectivity index (χ0n) is 18.6. The van der Waals surface area contributed by atoms with E-state index in [9.17, 15) is 14.9 Å². The number of nitrogens with zero attached hydrogens (tertiary/aromatic N) is 3. The van der Waals surface area contributed by atoms with Gasteiger partial charge in [-0.15, -0.1) is 11.3 Å². The summed E-state index contributed by atoms with van der Waals surface area (Å²) in [4.78, 5) is 32.5. The summed E-state index contributed by atoms with van der Waals surface area (Å²) in [5.41, 5.74) is 3.51. The Morgan fingerprint density at radius 1 is 1.21 bits per heavy atom. The summed E-state index contributed by atoms with van der Waals surface area (Å²) in [7, 11) is 0. The molecule has 3 heterocycles. The lowest BCUT2D eigenvalue weighted by atomic mass is 9.97. The number of hydrogen-bond acceptors (Lipinski definition) is 5. The van der Waals surface area contributed by atoms with E-state index in [2.05, 4.69) is 16.4 Å². The fourth-order valence-electron chi connectivity index (χ4n) is 4.12. The molecule has 1 aromatic carbocycles. The number of carbonyl (C=O) groups excluding carboxylic acids is 2. The number of anilines is 1. The number of thiophene rings is 1. The van der Waals surface area contributed by atoms with E-state index in [1.165, 1.54) is 11.3 Å². The average Bonchev–Trinajstić information content (AvgIpc) is 3.19. The Hall–Kier alpha value is -3.50. The van der Waals surface area contributed by atoms with Crippen molar-refractivity contribution in [1.82, 2.24) is 9.88 Å². The molecule has 1 aliphatic heterocycles. The Morgan fingerprint density at radius 3 is 2.73 bits per heavy atom. The molecule has 7 heteroatoms. The van der Waals surface area contributed by atoms with Crippen LogP contribution in [0.1, 0.15) is 52.9 Å². The molecule has 0 saturated carbocycles. The molecule has 0 spiro atoms. The first-order valence-corrected chi connectivity index (χ1v) is 11.9. The smallest absolute Gasteiger partial charge is 0.225 e. The van der Waals surface area contributed by atoms with Crippen LogP contribution in [-0.4, -0.2) is 28.2 Å². The molecule has 0 unspecified atom stereocenters. The molecule has 1 aliphatic rings. The van der Waals surface area contributed by atoms with Gasteiger partial charge in [-0.1, -0.05) is 43.3 Å². The molecule has 168 valence electrons. The summed E-state index contributed by atoms with van der Waals surface area (Å²) in [5.74, 6) is 0.0590. The number of fused-ring (bicyclic) bond motifs is 1. The minimum Gasteiger partial charge on any atom is -0.337 e. The lowest BCUT2D eigenvalue weighted by molar-refractivity contribution is -0.132. The second kappa shape index (κ2) is 10.4. The third kappa shape index (κ3) is 5.47. The largest absolute Gasteiger partial charge is 0.337 e. The van der Waals surface area contributed by atoms with E-state index in [4.69, 9.17) is 0 Å². The maximum absolute atomic E-state index is 12.7. The third-order valence-corrected chi connectivity index (χ3v) is 7.09. The number of pyridine rings is 1. The second-order valence-electron chi connectivity index (χ2n) is 8.27. The van der Waals surface area contributed by atoms with E-state index in [0.717, 1.165) is 21.7 Å². The molecule has 2 aromatic heterocycles. The van der Waals surface area contributed by atoms with Crippen molar-refractivity contribution >= 4 is 28.2 Å². The van der Waals surface area contributed by atoms with Crippen molar-refractivity contribution < 1.29 is 9.59 Å². The molecule has 0 fully saturated rings. The van der Waals surface area contributed by atoms with Crippen LogP contribution in [0, 0.1) is 11.3 Å². The first-order valence-electron chi connectivity index (χ1n) is 11.1. The Bertz CT molecular complexity index is 1170. The normalized spacial score (nSPS) is 13.6. The zero-order chi connectivity index (χ0) is 23.2. The highest BCUT2D eigenvalue weighted by atomic mass is 32.1. The first kappa shape index (κ1) is 22.7. The fourth-order valence-corrected chi connectivity index (χ4v) is 5.35. The molecule has 1 N–H and O–H groups in total. The molecule has 0 bridgehead atoms. The van der Waals surface area contributed by atoms with Gasteiger partial charge in [0.15, 0.2) is 0 Å². The molecule has 0 radical (unpaired) electrons. The summed E-state index contributed by atoms with van der Waals surface area (Å²) in [6, 6.07) is 17.9. The van der Waals surface area contributed by atoms with Crippen molar-refractivity contribution in [2.24, 2.45) is 0 Å². The molecule has 0 aliphatic carbocycles. The number of benzene rings is 1. The highest BCUT2D eigenvalue weighted by molar-refractivity contribution is 7.16. The maximum Gasteiger partial charge on any atom is 0.225 e. The molecular weight excluding hydrogens is 432 g/mol. The Balaban J connectivity index is 1.39. The molecular formula is C26H26N4O2S. The lowest BCUT2D eigenvalue weighted by Crippen LogP contribution is -2.35. The van der Waals surface area contributed by atoms with E-state index in [1.54, 1.807) is 6.20 Å². The van der Waals surface area contributed by atoms with Gasteiger partial charge in [0.25, 0.3) is 0 Å². The standard InChI is InChI=1S/C26H26N4O2S/c1-18(19-7-3-2-4-8-19)15-24(31)29-26-22(16-27)21-12-14-30(17-23(21)33-26)25(32)11-10-20-9-5-6-13-28-20/h2-9,13,18H,10-12,14-15,17H2,1H3,(H,29,31)/t18-/m0/s1. The SMILES string of the molecule is C[C@@H](CC(=O)Nc1sc2c(c1C#N)CCN(C(=O)CCc1ccccn1)C2)c1ccccc1. The predicted molar refractivity (Wildman–Crippen MR) is 129 cm³/mol. The van der Waals surface area contributed by atoms with Crippen LogP contribution in [0.4, 0.5) is 5.00 Å². The molecule has 33 heavy (non-hydrogen) atoms. The van der Waals surface area contributed by atoms with E-state index < -0.39 is 0 Å². The van der Waals surface area contributed by atoms with Crippen LogP contribution in [0.25, 0.3) is 0 Å². The average molecular weight is 459 g/mol. The first-order chi connectivity index (χ1) is 16.0. The van der Waals surface area contributed by atoms with Gasteiger partial charge in [-0.25, -0.2) is 0 Å². The zero-order valence-corrected chi connectivity index (χ0v) is 19.4. The topological polar surface area (TPSA) is 86.1 Å². The maximum atomic E-state index is 12.7. The summed E-state index contributed by atoms with van der Waals surface area (Å²) in [5, 5.41) is 13.3. The summed E-state index contributed by atoms with van der Waals surface area (Å²) < 4.78 is 0. The number of rotatable bonds is 7. The number of amides is 2. The van der Waals surface area contributed by atoms with Crippen LogP contribution in [0.3, 0.4) is 0 Å². The monoisotopic (exact) mass is 458 g/mol. The van der Waals surface area contributed by atoms with Crippen molar-refractivity contribution in [2.75, 3.05) is 11.9 Å². The Labute approximate surface area is 197 Å². The minimum atomic E-state index is -0.107. The van der Waals surface area contributed by atoms with Crippen LogP contribution in [0.2, 0.25) is 0 Å². The van der Waals surface area contributed by atoms with Crippen molar-refractivity contribution in [3.05, 3.63) is 82.0 Å². The van der Waals surface area contributed by atoms with Gasteiger partial charge in [0, 0.05) is 36.2 Å². The van der Waals surface area contributed by atoms with Gasteiger partial charge in [0.2, 0.25) is 11.8 Å². The van der Waals surface area contributed by atoms with Crippen LogP contribution >= 0.6 is 11.3 Å². The number of carbonyl (C=O) groups is 2. The van der Waals surface area contributed by atoms with Gasteiger partial charge in [-0.2, -0.15) is 5.26 Å². The third-order valence-electron chi connectivity index (χ3n) is 5.96. The molecule has 6 nitrogen and oxygen atoms in total. The molecule has 2 amide bonds. The Kier molecular flexibility index (Phi) is 7.16. The van der Waals surface area contributed by atoms with Crippen LogP contribution in [-0.2, 0) is 29.0 Å². The van der Waals surface area contributed by atoms with Gasteiger partial charge < -0.3 is 10.2 Å². The van der Waals surface area contributed by atoms with Crippen molar-refractivity contribution in [2.45, 2.75) is 45.1 Å². The summed E-state index contributed by atoms with van der Waals surface area (Å²) in [6.07, 6.45) is 3.72. The van der Waals surface area contributed by atoms with Gasteiger partial charge >= 0.3 is 0 Å². The Morgan fingerprint density at radius 2 is 2.00 bits per heavy atom. The predicted octanol–water partition coefficient (Wildman–Crippen LogP) is 4.66. The van der Waals surface area contributed by atoms with Crippen molar-refractivity contribution in [3.8, 4) is 6.07 Å². The number of hydrogen-bond donors (Lipinski definition) is 1. The van der Waals surface area contributed by atoms with E-state index >= 15 is 0 Å². The molecule has 0 saturated heterocycles. The molecule has 4 rings (SSSR count). The van der Waals surface area contributed by atoms with Crippen molar-refractivity contribution in [3.63, 3.8) is 0 Å². The lowest BCUT2D eigenvalue weighted by Gasteiger charge is -2.27. The number of nitrogens with one attached hydrogen (secondary N) is 1. The van der Waals surface area contributed by atoms with Crippen LogP contribution in [0.15, 0.2) is 54.7 Å². The van der Waals surface area contributed by atoms with Gasteiger partial charge in [-0.05, 0) is 42.0 Å². The van der Waals surface area contributed by atoms with Crippen molar-refractivity contribution in [1.29, 1.82) is 5.26 Å². The van der Waals surface area contributed by atoms with Gasteiger partial charge in [-0.3, -0.25) is 14.6 Å². The van der Waals surface area contributed by atoms with E-state index in [1.807, 2.05) is 60.4 Å². The van der Waals surface area contributed by atoms with Crippen LogP contribution < -0.4 is 5.32 Å². The van der Waals surface area contributed by atoms with Gasteiger partial charge in [0.1, 0.15) is 11.1 Å².